The van der Waals surface area contributed by atoms with Crippen molar-refractivity contribution in [3.05, 3.63) is 88.9 Å². The lowest BCUT2D eigenvalue weighted by Crippen LogP contribution is -2.14. The van der Waals surface area contributed by atoms with Crippen molar-refractivity contribution < 1.29 is 9.53 Å². The SMILES string of the molecule is C=CCCNCC=CCOc1ccc(CC(=O)c2ccc(Br)cc2)cc1. The van der Waals surface area contributed by atoms with Crippen molar-refractivity contribution in [2.45, 2.75) is 12.8 Å². The molecule has 0 atom stereocenters. The average molecular weight is 414 g/mol. The Kier molecular flexibility index (Phi) is 8.87. The highest BCUT2D eigenvalue weighted by molar-refractivity contribution is 9.10. The molecule has 0 radical (unpaired) electrons. The second kappa shape index (κ2) is 11.4. The first kappa shape index (κ1) is 20.1. The van der Waals surface area contributed by atoms with E-state index in [1.807, 2.05) is 66.8 Å². The molecule has 0 saturated heterocycles. The Morgan fingerprint density at radius 3 is 2.50 bits per heavy atom. The van der Waals surface area contributed by atoms with Crippen LogP contribution in [0.25, 0.3) is 0 Å². The van der Waals surface area contributed by atoms with Gasteiger partial charge in [-0.25, -0.2) is 0 Å². The molecule has 0 aliphatic rings. The predicted octanol–water partition coefficient (Wildman–Crippen LogP) is 4.98. The van der Waals surface area contributed by atoms with Crippen LogP contribution in [-0.4, -0.2) is 25.5 Å². The molecule has 0 spiro atoms. The van der Waals surface area contributed by atoms with Crippen LogP contribution in [0.4, 0.5) is 0 Å². The highest BCUT2D eigenvalue weighted by Gasteiger charge is 2.07. The van der Waals surface area contributed by atoms with E-state index in [0.29, 0.717) is 13.0 Å². The normalized spacial score (nSPS) is 10.8. The van der Waals surface area contributed by atoms with Crippen LogP contribution in [-0.2, 0) is 6.42 Å². The fourth-order valence-electron chi connectivity index (χ4n) is 2.31. The Labute approximate surface area is 163 Å². The molecule has 2 aromatic carbocycles. The van der Waals surface area contributed by atoms with Crippen molar-refractivity contribution >= 4 is 21.7 Å². The number of ketones is 1. The van der Waals surface area contributed by atoms with E-state index in [4.69, 9.17) is 4.74 Å². The molecule has 2 aromatic rings. The van der Waals surface area contributed by atoms with E-state index in [1.54, 1.807) is 0 Å². The third kappa shape index (κ3) is 7.38. The van der Waals surface area contributed by atoms with Gasteiger partial charge >= 0.3 is 0 Å². The molecule has 0 fully saturated rings. The molecule has 0 unspecified atom stereocenters. The molecule has 0 aromatic heterocycles. The molecule has 0 saturated carbocycles. The quantitative estimate of drug-likeness (QED) is 0.320. The van der Waals surface area contributed by atoms with Gasteiger partial charge in [0.15, 0.2) is 5.78 Å². The smallest absolute Gasteiger partial charge is 0.167 e. The van der Waals surface area contributed by atoms with Gasteiger partial charge in [0.25, 0.3) is 0 Å². The molecule has 3 nitrogen and oxygen atoms in total. The molecule has 0 aliphatic carbocycles. The van der Waals surface area contributed by atoms with E-state index in [-0.39, 0.29) is 5.78 Å². The first-order chi connectivity index (χ1) is 12.7. The second-order valence-electron chi connectivity index (χ2n) is 5.81. The standard InChI is InChI=1S/C22H24BrNO2/c1-2-3-14-24-15-4-5-16-26-21-12-6-18(7-13-21)17-22(25)19-8-10-20(23)11-9-19/h2,4-13,24H,1,3,14-17H2. The number of halogens is 1. The van der Waals surface area contributed by atoms with Crippen molar-refractivity contribution in [1.82, 2.24) is 5.32 Å². The lowest BCUT2D eigenvalue weighted by molar-refractivity contribution is 0.0993. The maximum atomic E-state index is 12.3. The molecular weight excluding hydrogens is 390 g/mol. The fourth-order valence-corrected chi connectivity index (χ4v) is 2.58. The largest absolute Gasteiger partial charge is 0.490 e. The summed E-state index contributed by atoms with van der Waals surface area (Å²) in [5, 5.41) is 3.28. The van der Waals surface area contributed by atoms with E-state index in [9.17, 15) is 4.79 Å². The number of Topliss-reactive ketones (excluding diaryl/α,β-unsaturated/α-hetero) is 1. The lowest BCUT2D eigenvalue weighted by Gasteiger charge is -2.06. The molecule has 0 amide bonds. The van der Waals surface area contributed by atoms with Crippen molar-refractivity contribution in [2.24, 2.45) is 0 Å². The van der Waals surface area contributed by atoms with Crippen LogP contribution in [0.5, 0.6) is 5.75 Å². The first-order valence-corrected chi connectivity index (χ1v) is 9.45. The number of nitrogens with one attached hydrogen (secondary N) is 1. The number of hydrogen-bond donors (Lipinski definition) is 1. The molecule has 0 bridgehead atoms. The minimum atomic E-state index is 0.109. The van der Waals surface area contributed by atoms with Gasteiger partial charge in [0.1, 0.15) is 12.4 Å². The highest BCUT2D eigenvalue weighted by Crippen LogP contribution is 2.16. The minimum absolute atomic E-state index is 0.109. The van der Waals surface area contributed by atoms with Crippen LogP contribution in [0.1, 0.15) is 22.3 Å². The average Bonchev–Trinajstić information content (AvgIpc) is 2.65. The van der Waals surface area contributed by atoms with Gasteiger partial charge < -0.3 is 10.1 Å². The maximum Gasteiger partial charge on any atom is 0.167 e. The number of hydrogen-bond acceptors (Lipinski definition) is 3. The van der Waals surface area contributed by atoms with Crippen LogP contribution < -0.4 is 10.1 Å². The summed E-state index contributed by atoms with van der Waals surface area (Å²) in [5.41, 5.74) is 1.70. The Morgan fingerprint density at radius 1 is 1.08 bits per heavy atom. The van der Waals surface area contributed by atoms with Crippen LogP contribution in [0, 0.1) is 0 Å². The van der Waals surface area contributed by atoms with Crippen LogP contribution in [0.2, 0.25) is 0 Å². The fraction of sp³-hybridized carbons (Fsp3) is 0.227. The van der Waals surface area contributed by atoms with E-state index < -0.39 is 0 Å². The number of rotatable bonds is 11. The highest BCUT2D eigenvalue weighted by atomic mass is 79.9. The first-order valence-electron chi connectivity index (χ1n) is 8.66. The third-order valence-corrected chi connectivity index (χ3v) is 4.28. The summed E-state index contributed by atoms with van der Waals surface area (Å²) in [7, 11) is 0. The van der Waals surface area contributed by atoms with Crippen molar-refractivity contribution in [2.75, 3.05) is 19.7 Å². The molecule has 1 N–H and O–H groups in total. The van der Waals surface area contributed by atoms with Gasteiger partial charge in [-0.3, -0.25) is 4.79 Å². The molecule has 2 rings (SSSR count). The number of carbonyl (C=O) groups excluding carboxylic acids is 1. The predicted molar refractivity (Wildman–Crippen MR) is 111 cm³/mol. The molecule has 26 heavy (non-hydrogen) atoms. The molecule has 136 valence electrons. The molecule has 0 aliphatic heterocycles. The maximum absolute atomic E-state index is 12.3. The summed E-state index contributed by atoms with van der Waals surface area (Å²) in [4.78, 5) is 12.3. The lowest BCUT2D eigenvalue weighted by atomic mass is 10.0. The van der Waals surface area contributed by atoms with Gasteiger partial charge in [-0.2, -0.15) is 0 Å². The van der Waals surface area contributed by atoms with Gasteiger partial charge in [-0.05, 0) is 42.8 Å². The Bertz CT molecular complexity index is 721. The molecular formula is C22H24BrNO2. The van der Waals surface area contributed by atoms with Gasteiger partial charge in [-0.15, -0.1) is 6.58 Å². The van der Waals surface area contributed by atoms with Crippen molar-refractivity contribution in [3.8, 4) is 5.75 Å². The Balaban J connectivity index is 1.74. The van der Waals surface area contributed by atoms with Crippen LogP contribution >= 0.6 is 15.9 Å². The Hall–Kier alpha value is -2.17. The van der Waals surface area contributed by atoms with E-state index in [1.165, 1.54) is 0 Å². The summed E-state index contributed by atoms with van der Waals surface area (Å²) in [6.45, 7) is 5.98. The number of ether oxygens (including phenoxy) is 1. The third-order valence-electron chi connectivity index (χ3n) is 3.75. The summed E-state index contributed by atoms with van der Waals surface area (Å²) in [6, 6.07) is 15.1. The topological polar surface area (TPSA) is 38.3 Å². The summed E-state index contributed by atoms with van der Waals surface area (Å²) in [5.74, 6) is 0.909. The number of carbonyl (C=O) groups is 1. The molecule has 4 heteroatoms. The van der Waals surface area contributed by atoms with E-state index in [2.05, 4.69) is 27.8 Å². The van der Waals surface area contributed by atoms with Crippen molar-refractivity contribution in [3.63, 3.8) is 0 Å². The van der Waals surface area contributed by atoms with Gasteiger partial charge in [0.05, 0.1) is 0 Å². The Morgan fingerprint density at radius 2 is 1.81 bits per heavy atom. The molecule has 0 heterocycles. The van der Waals surface area contributed by atoms with Gasteiger partial charge in [-0.1, -0.05) is 58.4 Å². The number of benzene rings is 2. The van der Waals surface area contributed by atoms with E-state index >= 15 is 0 Å². The minimum Gasteiger partial charge on any atom is -0.490 e. The van der Waals surface area contributed by atoms with E-state index in [0.717, 1.165) is 40.9 Å². The summed E-state index contributed by atoms with van der Waals surface area (Å²) in [6.07, 6.45) is 7.30. The zero-order chi connectivity index (χ0) is 18.6. The summed E-state index contributed by atoms with van der Waals surface area (Å²) < 4.78 is 6.64. The zero-order valence-corrected chi connectivity index (χ0v) is 16.4. The summed E-state index contributed by atoms with van der Waals surface area (Å²) >= 11 is 3.38. The van der Waals surface area contributed by atoms with Crippen molar-refractivity contribution in [1.29, 1.82) is 0 Å². The van der Waals surface area contributed by atoms with Crippen LogP contribution in [0.3, 0.4) is 0 Å². The zero-order valence-electron chi connectivity index (χ0n) is 14.8. The van der Waals surface area contributed by atoms with Crippen LogP contribution in [0.15, 0.2) is 77.8 Å². The monoisotopic (exact) mass is 413 g/mol. The second-order valence-corrected chi connectivity index (χ2v) is 6.73. The van der Waals surface area contributed by atoms with Gasteiger partial charge in [0, 0.05) is 23.0 Å². The van der Waals surface area contributed by atoms with Gasteiger partial charge in [0.2, 0.25) is 0 Å².